The Morgan fingerprint density at radius 1 is 1.09 bits per heavy atom. The number of carbonyl (C=O) groups excluding carboxylic acids is 3. The Kier molecular flexibility index (Phi) is 5.05. The number of nitrogens with one attached hydrogen (secondary N) is 1. The Morgan fingerprint density at radius 3 is 2.18 bits per heavy atom. The summed E-state index contributed by atoms with van der Waals surface area (Å²) in [5, 5.41) is 2.60. The summed E-state index contributed by atoms with van der Waals surface area (Å²) in [5.41, 5.74) is 0. The largest absolute Gasteiger partial charge is 0.352 e. The molecule has 0 aliphatic carbocycles. The Hall–Kier alpha value is -1.64. The minimum absolute atomic E-state index is 0.0210. The van der Waals surface area contributed by atoms with E-state index in [1.165, 1.54) is 6.92 Å². The van der Waals surface area contributed by atoms with Crippen LogP contribution < -0.4 is 5.32 Å². The first-order valence-electron chi connectivity index (χ1n) is 7.30. The van der Waals surface area contributed by atoms with Crippen molar-refractivity contribution in [2.45, 2.75) is 25.8 Å². The molecular formula is C13H21N3O5S. The van der Waals surface area contributed by atoms with Gasteiger partial charge in [-0.3, -0.25) is 14.4 Å². The molecule has 2 rings (SSSR count). The van der Waals surface area contributed by atoms with Gasteiger partial charge in [0.05, 0.1) is 11.5 Å². The second kappa shape index (κ2) is 6.64. The summed E-state index contributed by atoms with van der Waals surface area (Å²) in [4.78, 5) is 38.3. The van der Waals surface area contributed by atoms with Crippen molar-refractivity contribution in [3.8, 4) is 0 Å². The van der Waals surface area contributed by atoms with E-state index >= 15 is 0 Å². The van der Waals surface area contributed by atoms with Gasteiger partial charge in [0.1, 0.15) is 6.42 Å². The summed E-state index contributed by atoms with van der Waals surface area (Å²) in [6.45, 7) is 3.28. The summed E-state index contributed by atoms with van der Waals surface area (Å²) in [7, 11) is -3.05. The normalized spacial score (nSPS) is 24.1. The van der Waals surface area contributed by atoms with Crippen molar-refractivity contribution < 1.29 is 22.8 Å². The van der Waals surface area contributed by atoms with Crippen molar-refractivity contribution in [1.29, 1.82) is 0 Å². The molecule has 2 saturated heterocycles. The van der Waals surface area contributed by atoms with Crippen LogP contribution in [0.25, 0.3) is 0 Å². The molecule has 2 heterocycles. The summed E-state index contributed by atoms with van der Waals surface area (Å²) in [6.07, 6.45) is 0.121. The maximum Gasteiger partial charge on any atom is 0.232 e. The van der Waals surface area contributed by atoms with Gasteiger partial charge >= 0.3 is 0 Å². The summed E-state index contributed by atoms with van der Waals surface area (Å²) in [6, 6.07) is -0.389. The first-order chi connectivity index (χ1) is 10.3. The van der Waals surface area contributed by atoms with Crippen molar-refractivity contribution in [3.05, 3.63) is 0 Å². The second-order valence-electron chi connectivity index (χ2n) is 5.73. The molecule has 2 fully saturated rings. The zero-order valence-electron chi connectivity index (χ0n) is 12.6. The number of hydrogen-bond donors (Lipinski definition) is 1. The quantitative estimate of drug-likeness (QED) is 0.625. The average Bonchev–Trinajstić information content (AvgIpc) is 2.77. The summed E-state index contributed by atoms with van der Waals surface area (Å²) < 4.78 is 22.6. The van der Waals surface area contributed by atoms with E-state index in [-0.39, 0.29) is 35.8 Å². The SMILES string of the molecule is CC(=O)N1CCN(C(=O)CC(=O)NC2CCS(=O)(=O)C2)CC1. The van der Waals surface area contributed by atoms with Crippen LogP contribution in [0.2, 0.25) is 0 Å². The number of sulfone groups is 1. The van der Waals surface area contributed by atoms with Crippen LogP contribution in [0, 0.1) is 0 Å². The van der Waals surface area contributed by atoms with Gasteiger partial charge in [-0.2, -0.15) is 0 Å². The van der Waals surface area contributed by atoms with Crippen molar-refractivity contribution in [3.63, 3.8) is 0 Å². The number of carbonyl (C=O) groups is 3. The minimum atomic E-state index is -3.05. The number of hydrogen-bond acceptors (Lipinski definition) is 5. The highest BCUT2D eigenvalue weighted by Gasteiger charge is 2.30. The van der Waals surface area contributed by atoms with Crippen molar-refractivity contribution >= 4 is 27.6 Å². The third-order valence-corrected chi connectivity index (χ3v) is 5.75. The minimum Gasteiger partial charge on any atom is -0.352 e. The molecule has 9 heteroatoms. The molecule has 124 valence electrons. The maximum absolute atomic E-state index is 12.0. The molecule has 0 radical (unpaired) electrons. The third kappa shape index (κ3) is 4.43. The number of piperazine rings is 1. The molecule has 2 aliphatic heterocycles. The Labute approximate surface area is 129 Å². The number of rotatable bonds is 3. The van der Waals surface area contributed by atoms with E-state index in [1.807, 2.05) is 0 Å². The fraction of sp³-hybridized carbons (Fsp3) is 0.769. The highest BCUT2D eigenvalue weighted by atomic mass is 32.2. The van der Waals surface area contributed by atoms with Gasteiger partial charge in [-0.15, -0.1) is 0 Å². The molecule has 22 heavy (non-hydrogen) atoms. The molecule has 3 amide bonds. The predicted octanol–water partition coefficient (Wildman–Crippen LogP) is -1.63. The molecule has 0 aromatic heterocycles. The van der Waals surface area contributed by atoms with Crippen LogP contribution in [0.4, 0.5) is 0 Å². The lowest BCUT2D eigenvalue weighted by atomic mass is 10.2. The summed E-state index contributed by atoms with van der Waals surface area (Å²) >= 11 is 0. The molecule has 1 N–H and O–H groups in total. The molecular weight excluding hydrogens is 310 g/mol. The molecule has 0 aromatic carbocycles. The molecule has 0 spiro atoms. The molecule has 1 unspecified atom stereocenters. The van der Waals surface area contributed by atoms with Crippen molar-refractivity contribution in [2.24, 2.45) is 0 Å². The van der Waals surface area contributed by atoms with Crippen LogP contribution in [0.15, 0.2) is 0 Å². The molecule has 1 atom stereocenters. The van der Waals surface area contributed by atoms with Crippen LogP contribution in [0.1, 0.15) is 19.8 Å². The van der Waals surface area contributed by atoms with Gasteiger partial charge in [0.15, 0.2) is 9.84 Å². The van der Waals surface area contributed by atoms with Crippen molar-refractivity contribution in [1.82, 2.24) is 15.1 Å². The number of amides is 3. The fourth-order valence-corrected chi connectivity index (χ4v) is 4.38. The van der Waals surface area contributed by atoms with E-state index in [9.17, 15) is 22.8 Å². The second-order valence-corrected chi connectivity index (χ2v) is 7.96. The lowest BCUT2D eigenvalue weighted by Gasteiger charge is -2.34. The average molecular weight is 331 g/mol. The lowest BCUT2D eigenvalue weighted by Crippen LogP contribution is -2.51. The fourth-order valence-electron chi connectivity index (χ4n) is 2.71. The van der Waals surface area contributed by atoms with Crippen molar-refractivity contribution in [2.75, 3.05) is 37.7 Å². The van der Waals surface area contributed by atoms with Gasteiger partial charge < -0.3 is 15.1 Å². The molecule has 2 aliphatic rings. The van der Waals surface area contributed by atoms with Gasteiger partial charge in [0, 0.05) is 39.1 Å². The van der Waals surface area contributed by atoms with Gasteiger partial charge in [-0.1, -0.05) is 0 Å². The molecule has 8 nitrogen and oxygen atoms in total. The van der Waals surface area contributed by atoms with E-state index in [4.69, 9.17) is 0 Å². The number of nitrogens with zero attached hydrogens (tertiary/aromatic N) is 2. The zero-order valence-corrected chi connectivity index (χ0v) is 13.4. The monoisotopic (exact) mass is 331 g/mol. The van der Waals surface area contributed by atoms with E-state index < -0.39 is 15.7 Å². The first-order valence-corrected chi connectivity index (χ1v) is 9.12. The molecule has 0 saturated carbocycles. The lowest BCUT2D eigenvalue weighted by molar-refractivity contribution is -0.141. The highest BCUT2D eigenvalue weighted by molar-refractivity contribution is 7.91. The Balaban J connectivity index is 1.75. The van der Waals surface area contributed by atoms with Crippen LogP contribution in [0.5, 0.6) is 0 Å². The van der Waals surface area contributed by atoms with Crippen LogP contribution in [-0.4, -0.2) is 79.7 Å². The van der Waals surface area contributed by atoms with E-state index in [1.54, 1.807) is 9.80 Å². The molecule has 0 bridgehead atoms. The predicted molar refractivity (Wildman–Crippen MR) is 78.7 cm³/mol. The zero-order chi connectivity index (χ0) is 16.3. The van der Waals surface area contributed by atoms with Crippen LogP contribution in [0.3, 0.4) is 0 Å². The maximum atomic E-state index is 12.0. The molecule has 0 aromatic rings. The van der Waals surface area contributed by atoms with Crippen LogP contribution in [-0.2, 0) is 24.2 Å². The van der Waals surface area contributed by atoms with E-state index in [2.05, 4.69) is 5.32 Å². The third-order valence-electron chi connectivity index (χ3n) is 3.99. The van der Waals surface area contributed by atoms with Gasteiger partial charge in [-0.25, -0.2) is 8.42 Å². The first kappa shape index (κ1) is 16.7. The highest BCUT2D eigenvalue weighted by Crippen LogP contribution is 2.11. The Morgan fingerprint density at radius 2 is 1.68 bits per heavy atom. The van der Waals surface area contributed by atoms with Gasteiger partial charge in [0.2, 0.25) is 17.7 Å². The standard InChI is InChI=1S/C13H21N3O5S/c1-10(17)15-3-5-16(6-4-15)13(19)8-12(18)14-11-2-7-22(20,21)9-11/h11H,2-9H2,1H3,(H,14,18). The van der Waals surface area contributed by atoms with Gasteiger partial charge in [0.25, 0.3) is 0 Å². The summed E-state index contributed by atoms with van der Waals surface area (Å²) in [5.74, 6) is -0.724. The Bertz CT molecular complexity index is 566. The smallest absolute Gasteiger partial charge is 0.232 e. The van der Waals surface area contributed by atoms with Gasteiger partial charge in [-0.05, 0) is 6.42 Å². The van der Waals surface area contributed by atoms with E-state index in [0.717, 1.165) is 0 Å². The van der Waals surface area contributed by atoms with E-state index in [0.29, 0.717) is 32.6 Å². The van der Waals surface area contributed by atoms with Crippen LogP contribution >= 0.6 is 0 Å². The topological polar surface area (TPSA) is 104 Å².